The van der Waals surface area contributed by atoms with Gasteiger partial charge in [-0.2, -0.15) is 4.98 Å². The molecule has 1 aromatic carbocycles. The maximum absolute atomic E-state index is 11.2. The highest BCUT2D eigenvalue weighted by Gasteiger charge is 2.17. The lowest BCUT2D eigenvalue weighted by Crippen LogP contribution is -2.36. The van der Waals surface area contributed by atoms with Gasteiger partial charge < -0.3 is 24.5 Å². The zero-order valence-corrected chi connectivity index (χ0v) is 19.1. The summed E-state index contributed by atoms with van der Waals surface area (Å²) >= 11 is 6.54. The van der Waals surface area contributed by atoms with E-state index in [1.54, 1.807) is 13.0 Å². The number of morpholine rings is 1. The lowest BCUT2D eigenvalue weighted by atomic mass is 10.1. The average Bonchev–Trinajstić information content (AvgIpc) is 3.25. The van der Waals surface area contributed by atoms with Gasteiger partial charge in [-0.05, 0) is 37.3 Å². The number of halogens is 1. The van der Waals surface area contributed by atoms with Crippen LogP contribution >= 0.6 is 11.6 Å². The minimum atomic E-state index is -1.02. The fraction of sp³-hybridized carbons (Fsp3) is 0.250. The van der Waals surface area contributed by atoms with Crippen molar-refractivity contribution in [2.75, 3.05) is 31.2 Å². The van der Waals surface area contributed by atoms with Crippen LogP contribution in [0.5, 0.6) is 6.01 Å². The number of ether oxygens (including phenoxy) is 2. The van der Waals surface area contributed by atoms with Gasteiger partial charge in [0.1, 0.15) is 6.10 Å². The highest BCUT2D eigenvalue weighted by Crippen LogP contribution is 2.31. The van der Waals surface area contributed by atoms with E-state index in [9.17, 15) is 9.90 Å². The summed E-state index contributed by atoms with van der Waals surface area (Å²) in [5.41, 5.74) is 4.37. The van der Waals surface area contributed by atoms with Crippen LogP contribution in [-0.2, 0) is 4.74 Å². The molecule has 4 aromatic rings. The molecule has 0 spiro atoms. The number of carboxylic acid groups (broad SMARTS) is 1. The number of benzene rings is 1. The second kappa shape index (κ2) is 9.28. The molecule has 0 amide bonds. The van der Waals surface area contributed by atoms with Gasteiger partial charge in [0.25, 0.3) is 6.01 Å². The number of carboxylic acids is 1. The zero-order valence-electron chi connectivity index (χ0n) is 18.4. The molecular formula is C24H22ClN5O4. The highest BCUT2D eigenvalue weighted by atomic mass is 35.5. The van der Waals surface area contributed by atoms with Gasteiger partial charge in [0.15, 0.2) is 5.65 Å². The van der Waals surface area contributed by atoms with Gasteiger partial charge in [0, 0.05) is 30.5 Å². The van der Waals surface area contributed by atoms with Crippen molar-refractivity contribution in [1.82, 2.24) is 19.9 Å². The standard InChI is InChI=1S/C24H22ClN5O4/c1-14(19-12-16(23(31)32)6-7-26-19)34-24-27-20-13-18(25)21(28-22(20)29-24)15-2-4-17(5-3-15)30-8-10-33-11-9-30/h2-7,12-14H,8-11H2,1H3,(H,31,32)(H,27,28,29). The molecule has 1 atom stereocenters. The van der Waals surface area contributed by atoms with E-state index in [-0.39, 0.29) is 11.6 Å². The Labute approximate surface area is 200 Å². The molecule has 1 fully saturated rings. The summed E-state index contributed by atoms with van der Waals surface area (Å²) in [5, 5.41) is 9.68. The summed E-state index contributed by atoms with van der Waals surface area (Å²) in [6.07, 6.45) is 0.914. The number of hydrogen-bond acceptors (Lipinski definition) is 7. The molecule has 9 nitrogen and oxygen atoms in total. The van der Waals surface area contributed by atoms with E-state index in [4.69, 9.17) is 21.1 Å². The first-order valence-corrected chi connectivity index (χ1v) is 11.2. The molecule has 0 aliphatic carbocycles. The van der Waals surface area contributed by atoms with Crippen LogP contribution in [-0.4, -0.2) is 57.3 Å². The SMILES string of the molecule is CC(Oc1nc2nc(-c3ccc(N4CCOCC4)cc3)c(Cl)cc2[nH]1)c1cc(C(=O)O)ccn1. The van der Waals surface area contributed by atoms with Crippen molar-refractivity contribution in [2.45, 2.75) is 13.0 Å². The molecule has 174 valence electrons. The van der Waals surface area contributed by atoms with Crippen LogP contribution in [0, 0.1) is 0 Å². The van der Waals surface area contributed by atoms with Crippen molar-refractivity contribution in [3.63, 3.8) is 0 Å². The minimum absolute atomic E-state index is 0.141. The molecular weight excluding hydrogens is 458 g/mol. The zero-order chi connectivity index (χ0) is 23.7. The molecule has 5 rings (SSSR count). The van der Waals surface area contributed by atoms with Crippen LogP contribution in [0.15, 0.2) is 48.7 Å². The number of aromatic nitrogens is 4. The first-order valence-electron chi connectivity index (χ1n) is 10.8. The minimum Gasteiger partial charge on any atom is -0.478 e. The topological polar surface area (TPSA) is 113 Å². The Morgan fingerprint density at radius 3 is 2.68 bits per heavy atom. The first-order chi connectivity index (χ1) is 16.5. The fourth-order valence-electron chi connectivity index (χ4n) is 3.84. The Morgan fingerprint density at radius 2 is 1.94 bits per heavy atom. The first kappa shape index (κ1) is 22.1. The van der Waals surface area contributed by atoms with Gasteiger partial charge in [-0.1, -0.05) is 23.7 Å². The van der Waals surface area contributed by atoms with Crippen LogP contribution in [0.3, 0.4) is 0 Å². The van der Waals surface area contributed by atoms with E-state index in [0.29, 0.717) is 27.6 Å². The predicted molar refractivity (Wildman–Crippen MR) is 128 cm³/mol. The van der Waals surface area contributed by atoms with E-state index in [2.05, 4.69) is 37.0 Å². The smallest absolute Gasteiger partial charge is 0.335 e. The van der Waals surface area contributed by atoms with Crippen LogP contribution in [0.25, 0.3) is 22.4 Å². The second-order valence-electron chi connectivity index (χ2n) is 7.91. The van der Waals surface area contributed by atoms with E-state index in [0.717, 1.165) is 37.6 Å². The molecule has 0 saturated carbocycles. The fourth-order valence-corrected chi connectivity index (χ4v) is 4.10. The third-order valence-electron chi connectivity index (χ3n) is 5.65. The number of H-pyrrole nitrogens is 1. The third-order valence-corrected chi connectivity index (χ3v) is 5.94. The van der Waals surface area contributed by atoms with Crippen LogP contribution in [0.1, 0.15) is 29.1 Å². The normalized spacial score (nSPS) is 14.8. The monoisotopic (exact) mass is 479 g/mol. The summed E-state index contributed by atoms with van der Waals surface area (Å²) < 4.78 is 11.3. The van der Waals surface area contributed by atoms with Crippen molar-refractivity contribution in [3.8, 4) is 17.3 Å². The van der Waals surface area contributed by atoms with Crippen molar-refractivity contribution >= 4 is 34.4 Å². The molecule has 2 N–H and O–H groups in total. The van der Waals surface area contributed by atoms with E-state index in [1.165, 1.54) is 18.3 Å². The van der Waals surface area contributed by atoms with Crippen molar-refractivity contribution in [2.24, 2.45) is 0 Å². The number of hydrogen-bond donors (Lipinski definition) is 2. The predicted octanol–water partition coefficient (Wildman–Crippen LogP) is 4.35. The van der Waals surface area contributed by atoms with Crippen LogP contribution in [0.4, 0.5) is 5.69 Å². The molecule has 1 aliphatic rings. The molecule has 1 aliphatic heterocycles. The summed E-state index contributed by atoms with van der Waals surface area (Å²) in [7, 11) is 0. The van der Waals surface area contributed by atoms with Gasteiger partial charge in [-0.3, -0.25) is 4.98 Å². The maximum atomic E-state index is 11.2. The third kappa shape index (κ3) is 4.52. The lowest BCUT2D eigenvalue weighted by molar-refractivity contribution is 0.0696. The van der Waals surface area contributed by atoms with E-state index >= 15 is 0 Å². The number of nitrogens with zero attached hydrogens (tertiary/aromatic N) is 4. The Morgan fingerprint density at radius 1 is 1.18 bits per heavy atom. The molecule has 0 bridgehead atoms. The van der Waals surface area contributed by atoms with Crippen molar-refractivity contribution < 1.29 is 19.4 Å². The largest absolute Gasteiger partial charge is 0.478 e. The van der Waals surface area contributed by atoms with Gasteiger partial charge >= 0.3 is 5.97 Å². The molecule has 34 heavy (non-hydrogen) atoms. The number of rotatable bonds is 6. The Balaban J connectivity index is 1.37. The van der Waals surface area contributed by atoms with Crippen LogP contribution < -0.4 is 9.64 Å². The number of nitrogens with one attached hydrogen (secondary N) is 1. The maximum Gasteiger partial charge on any atom is 0.335 e. The number of pyridine rings is 2. The summed E-state index contributed by atoms with van der Waals surface area (Å²) in [6.45, 7) is 4.97. The molecule has 1 saturated heterocycles. The molecule has 0 radical (unpaired) electrons. The van der Waals surface area contributed by atoms with Gasteiger partial charge in [-0.15, -0.1) is 0 Å². The summed E-state index contributed by atoms with van der Waals surface area (Å²) in [5.74, 6) is -1.02. The number of fused-ring (bicyclic) bond motifs is 1. The Bertz CT molecular complexity index is 1340. The second-order valence-corrected chi connectivity index (χ2v) is 8.32. The number of aromatic amines is 1. The highest BCUT2D eigenvalue weighted by molar-refractivity contribution is 6.33. The van der Waals surface area contributed by atoms with Crippen molar-refractivity contribution in [3.05, 3.63) is 64.9 Å². The number of imidazole rings is 1. The number of aromatic carboxylic acids is 1. The molecule has 3 aromatic heterocycles. The molecule has 1 unspecified atom stereocenters. The molecule has 10 heteroatoms. The quantitative estimate of drug-likeness (QED) is 0.419. The van der Waals surface area contributed by atoms with Gasteiger partial charge in [0.2, 0.25) is 0 Å². The lowest BCUT2D eigenvalue weighted by Gasteiger charge is -2.28. The molecule has 4 heterocycles. The summed E-state index contributed by atoms with van der Waals surface area (Å²) in [4.78, 5) is 29.8. The number of anilines is 1. The number of carbonyl (C=O) groups is 1. The van der Waals surface area contributed by atoms with E-state index < -0.39 is 12.1 Å². The van der Waals surface area contributed by atoms with Gasteiger partial charge in [-0.25, -0.2) is 9.78 Å². The van der Waals surface area contributed by atoms with E-state index in [1.807, 2.05) is 12.1 Å². The Hall–Kier alpha value is -3.69. The van der Waals surface area contributed by atoms with Crippen molar-refractivity contribution in [1.29, 1.82) is 0 Å². The Kier molecular flexibility index (Phi) is 6.04. The average molecular weight is 480 g/mol. The summed E-state index contributed by atoms with van der Waals surface area (Å²) in [6, 6.07) is 13.0. The van der Waals surface area contributed by atoms with Gasteiger partial charge in [0.05, 0.1) is 40.7 Å². The van der Waals surface area contributed by atoms with Crippen LogP contribution in [0.2, 0.25) is 5.02 Å².